The molecule has 30 heavy (non-hydrogen) atoms. The van der Waals surface area contributed by atoms with Crippen molar-refractivity contribution < 1.29 is 18.3 Å². The van der Waals surface area contributed by atoms with Crippen molar-refractivity contribution in [3.63, 3.8) is 0 Å². The van der Waals surface area contributed by atoms with Crippen molar-refractivity contribution in [2.75, 3.05) is 50.2 Å². The maximum absolute atomic E-state index is 14.1. The molecule has 2 aromatic carbocycles. The number of halogens is 2. The standard InChI is InChI=1S/C22H22F2N4O2/c1-29-20-6-4-16(12-21(20)30-2)27-7-9-28(10-8-27)22-14-25-13-19(26-22)17-5-3-15(23)11-18(17)24/h3-6,11-14H,7-10H2,1-2H3. The third-order valence-corrected chi connectivity index (χ3v) is 5.16. The smallest absolute Gasteiger partial charge is 0.162 e. The first-order chi connectivity index (χ1) is 14.6. The Morgan fingerprint density at radius 3 is 2.27 bits per heavy atom. The number of piperazine rings is 1. The summed E-state index contributed by atoms with van der Waals surface area (Å²) in [4.78, 5) is 13.1. The van der Waals surface area contributed by atoms with Gasteiger partial charge < -0.3 is 19.3 Å². The Hall–Kier alpha value is -3.42. The highest BCUT2D eigenvalue weighted by molar-refractivity contribution is 5.61. The topological polar surface area (TPSA) is 50.7 Å². The van der Waals surface area contributed by atoms with Crippen LogP contribution in [0.25, 0.3) is 11.3 Å². The highest BCUT2D eigenvalue weighted by atomic mass is 19.1. The summed E-state index contributed by atoms with van der Waals surface area (Å²) in [7, 11) is 3.23. The van der Waals surface area contributed by atoms with E-state index in [0.717, 1.165) is 37.9 Å². The Kier molecular flexibility index (Phi) is 5.65. The molecule has 6 nitrogen and oxygen atoms in total. The second-order valence-electron chi connectivity index (χ2n) is 6.90. The van der Waals surface area contributed by atoms with E-state index in [4.69, 9.17) is 9.47 Å². The fraction of sp³-hybridized carbons (Fsp3) is 0.273. The zero-order valence-electron chi connectivity index (χ0n) is 16.8. The van der Waals surface area contributed by atoms with Crippen LogP contribution in [0.5, 0.6) is 11.5 Å². The molecule has 4 rings (SSSR count). The van der Waals surface area contributed by atoms with Crippen molar-refractivity contribution in [2.45, 2.75) is 0 Å². The number of nitrogens with zero attached hydrogens (tertiary/aromatic N) is 4. The van der Waals surface area contributed by atoms with E-state index in [0.29, 0.717) is 23.0 Å². The van der Waals surface area contributed by atoms with Crippen molar-refractivity contribution in [3.05, 3.63) is 60.4 Å². The third-order valence-electron chi connectivity index (χ3n) is 5.16. The molecule has 0 saturated carbocycles. The van der Waals surface area contributed by atoms with E-state index in [9.17, 15) is 8.78 Å². The number of anilines is 2. The Bertz CT molecular complexity index is 1040. The van der Waals surface area contributed by atoms with Crippen LogP contribution in [0.15, 0.2) is 48.8 Å². The number of methoxy groups -OCH3 is 2. The lowest BCUT2D eigenvalue weighted by Gasteiger charge is -2.36. The van der Waals surface area contributed by atoms with Crippen LogP contribution >= 0.6 is 0 Å². The summed E-state index contributed by atoms with van der Waals surface area (Å²) in [5, 5.41) is 0. The summed E-state index contributed by atoms with van der Waals surface area (Å²) in [6, 6.07) is 9.32. The summed E-state index contributed by atoms with van der Waals surface area (Å²) < 4.78 is 38.0. The fourth-order valence-corrected chi connectivity index (χ4v) is 3.55. The Labute approximate surface area is 173 Å². The summed E-state index contributed by atoms with van der Waals surface area (Å²) >= 11 is 0. The number of benzene rings is 2. The maximum atomic E-state index is 14.1. The number of hydrogen-bond acceptors (Lipinski definition) is 6. The molecule has 0 amide bonds. The molecule has 0 bridgehead atoms. The third kappa shape index (κ3) is 3.98. The first-order valence-corrected chi connectivity index (χ1v) is 9.58. The number of rotatable bonds is 5. The highest BCUT2D eigenvalue weighted by Crippen LogP contribution is 2.32. The quantitative estimate of drug-likeness (QED) is 0.636. The molecule has 3 aromatic rings. The van der Waals surface area contributed by atoms with E-state index in [1.165, 1.54) is 18.3 Å². The maximum Gasteiger partial charge on any atom is 0.162 e. The second kappa shape index (κ2) is 8.52. The Balaban J connectivity index is 1.48. The van der Waals surface area contributed by atoms with Gasteiger partial charge in [0.2, 0.25) is 0 Å². The van der Waals surface area contributed by atoms with Gasteiger partial charge in [-0.2, -0.15) is 0 Å². The van der Waals surface area contributed by atoms with E-state index in [2.05, 4.69) is 19.8 Å². The number of aromatic nitrogens is 2. The minimum Gasteiger partial charge on any atom is -0.493 e. The molecule has 1 fully saturated rings. The van der Waals surface area contributed by atoms with Gasteiger partial charge in [0.15, 0.2) is 11.5 Å². The normalized spacial score (nSPS) is 14.0. The average Bonchev–Trinajstić information content (AvgIpc) is 2.79. The summed E-state index contributed by atoms with van der Waals surface area (Å²) in [6.45, 7) is 3.04. The van der Waals surface area contributed by atoms with Gasteiger partial charge in [-0.3, -0.25) is 4.98 Å². The molecule has 0 N–H and O–H groups in total. The first kappa shape index (κ1) is 19.9. The molecule has 156 valence electrons. The van der Waals surface area contributed by atoms with Gasteiger partial charge in [0.25, 0.3) is 0 Å². The second-order valence-corrected chi connectivity index (χ2v) is 6.90. The van der Waals surface area contributed by atoms with Crippen LogP contribution < -0.4 is 19.3 Å². The van der Waals surface area contributed by atoms with Gasteiger partial charge in [0.1, 0.15) is 17.5 Å². The number of ether oxygens (including phenoxy) is 2. The van der Waals surface area contributed by atoms with Gasteiger partial charge in [-0.25, -0.2) is 13.8 Å². The van der Waals surface area contributed by atoms with Crippen LogP contribution in [0.4, 0.5) is 20.3 Å². The van der Waals surface area contributed by atoms with Gasteiger partial charge in [-0.05, 0) is 24.3 Å². The molecule has 0 atom stereocenters. The van der Waals surface area contributed by atoms with E-state index in [1.807, 2.05) is 18.2 Å². The van der Waals surface area contributed by atoms with Crippen LogP contribution in [-0.4, -0.2) is 50.4 Å². The molecule has 1 aliphatic rings. The van der Waals surface area contributed by atoms with Crippen molar-refractivity contribution in [3.8, 4) is 22.8 Å². The molecule has 1 aromatic heterocycles. The molecule has 8 heteroatoms. The molecule has 2 heterocycles. The first-order valence-electron chi connectivity index (χ1n) is 9.58. The lowest BCUT2D eigenvalue weighted by atomic mass is 10.1. The molecule has 0 unspecified atom stereocenters. The minimum absolute atomic E-state index is 0.231. The zero-order valence-corrected chi connectivity index (χ0v) is 16.8. The van der Waals surface area contributed by atoms with Gasteiger partial charge in [0.05, 0.1) is 32.3 Å². The summed E-state index contributed by atoms with van der Waals surface area (Å²) in [5.74, 6) is 0.784. The van der Waals surface area contributed by atoms with Gasteiger partial charge in [-0.15, -0.1) is 0 Å². The molecule has 0 aliphatic carbocycles. The molecule has 1 saturated heterocycles. The van der Waals surface area contributed by atoms with E-state index in [-0.39, 0.29) is 5.56 Å². The van der Waals surface area contributed by atoms with Crippen molar-refractivity contribution in [2.24, 2.45) is 0 Å². The lowest BCUT2D eigenvalue weighted by molar-refractivity contribution is 0.355. The van der Waals surface area contributed by atoms with Crippen LogP contribution in [0.2, 0.25) is 0 Å². The Morgan fingerprint density at radius 1 is 0.833 bits per heavy atom. The van der Waals surface area contributed by atoms with Crippen molar-refractivity contribution in [1.29, 1.82) is 0 Å². The average molecular weight is 412 g/mol. The SMILES string of the molecule is COc1ccc(N2CCN(c3cncc(-c4ccc(F)cc4F)n3)CC2)cc1OC. The molecule has 0 spiro atoms. The van der Waals surface area contributed by atoms with Gasteiger partial charge in [0, 0.05) is 49.6 Å². The molecular formula is C22H22F2N4O2. The minimum atomic E-state index is -0.653. The van der Waals surface area contributed by atoms with Crippen LogP contribution in [0.3, 0.4) is 0 Å². The predicted molar refractivity (Wildman–Crippen MR) is 111 cm³/mol. The van der Waals surface area contributed by atoms with E-state index >= 15 is 0 Å². The van der Waals surface area contributed by atoms with Crippen molar-refractivity contribution in [1.82, 2.24) is 9.97 Å². The van der Waals surface area contributed by atoms with Gasteiger partial charge >= 0.3 is 0 Å². The molecule has 0 radical (unpaired) electrons. The predicted octanol–water partition coefficient (Wildman–Crippen LogP) is 3.77. The summed E-state index contributed by atoms with van der Waals surface area (Å²) in [6.07, 6.45) is 3.15. The Morgan fingerprint density at radius 2 is 1.57 bits per heavy atom. The monoisotopic (exact) mass is 412 g/mol. The fourth-order valence-electron chi connectivity index (χ4n) is 3.55. The largest absolute Gasteiger partial charge is 0.493 e. The zero-order chi connectivity index (χ0) is 21.1. The van der Waals surface area contributed by atoms with Crippen LogP contribution in [-0.2, 0) is 0 Å². The van der Waals surface area contributed by atoms with Crippen molar-refractivity contribution >= 4 is 11.5 Å². The van der Waals surface area contributed by atoms with Crippen LogP contribution in [0, 0.1) is 11.6 Å². The highest BCUT2D eigenvalue weighted by Gasteiger charge is 2.20. The van der Waals surface area contributed by atoms with E-state index in [1.54, 1.807) is 20.4 Å². The van der Waals surface area contributed by atoms with Gasteiger partial charge in [-0.1, -0.05) is 0 Å². The summed E-state index contributed by atoms with van der Waals surface area (Å²) in [5.41, 5.74) is 1.67. The lowest BCUT2D eigenvalue weighted by Crippen LogP contribution is -2.46. The molecule has 1 aliphatic heterocycles. The van der Waals surface area contributed by atoms with Crippen LogP contribution in [0.1, 0.15) is 0 Å². The molecular weight excluding hydrogens is 390 g/mol. The number of hydrogen-bond donors (Lipinski definition) is 0. The van der Waals surface area contributed by atoms with E-state index < -0.39 is 11.6 Å².